The Morgan fingerprint density at radius 1 is 1.12 bits per heavy atom. The van der Waals surface area contributed by atoms with Gasteiger partial charge >= 0.3 is 0 Å². The number of thioether (sulfide) groups is 1. The number of fused-ring (bicyclic) bond motifs is 1. The number of hydrogen-bond acceptors (Lipinski definition) is 6. The van der Waals surface area contributed by atoms with Crippen molar-refractivity contribution < 1.29 is 4.79 Å². The van der Waals surface area contributed by atoms with Crippen molar-refractivity contribution in [3.8, 4) is 11.8 Å². The Morgan fingerprint density at radius 3 is 2.62 bits per heavy atom. The number of nitrogens with zero attached hydrogens (tertiary/aromatic N) is 5. The molecule has 0 spiro atoms. The van der Waals surface area contributed by atoms with Crippen molar-refractivity contribution >= 4 is 34.4 Å². The first-order chi connectivity index (χ1) is 16.7. The zero-order valence-electron chi connectivity index (χ0n) is 18.3. The Kier molecular flexibility index (Phi) is 6.14. The van der Waals surface area contributed by atoms with Crippen LogP contribution in [0.15, 0.2) is 70.7 Å². The van der Waals surface area contributed by atoms with E-state index in [1.54, 1.807) is 10.6 Å². The van der Waals surface area contributed by atoms with Crippen molar-refractivity contribution in [3.05, 3.63) is 76.7 Å². The molecule has 0 bridgehead atoms. The van der Waals surface area contributed by atoms with Gasteiger partial charge in [-0.2, -0.15) is 10.4 Å². The number of carbonyl (C=O) groups is 1. The van der Waals surface area contributed by atoms with Gasteiger partial charge < -0.3 is 5.32 Å². The molecule has 2 heterocycles. The first-order valence-corrected chi connectivity index (χ1v) is 12.1. The van der Waals surface area contributed by atoms with Gasteiger partial charge in [-0.15, -0.1) is 0 Å². The molecule has 1 N–H and O–H groups in total. The number of para-hydroxylation sites is 2. The number of anilines is 1. The summed E-state index contributed by atoms with van der Waals surface area (Å²) in [6.07, 6.45) is 5.45. The molecule has 1 aliphatic rings. The summed E-state index contributed by atoms with van der Waals surface area (Å²) in [5.74, 6) is 0.0565. The minimum atomic E-state index is -0.306. The summed E-state index contributed by atoms with van der Waals surface area (Å²) in [6.45, 7) is 0. The van der Waals surface area contributed by atoms with Crippen LogP contribution in [0.2, 0.25) is 0 Å². The van der Waals surface area contributed by atoms with E-state index in [-0.39, 0.29) is 28.8 Å². The highest BCUT2D eigenvalue weighted by atomic mass is 32.2. The monoisotopic (exact) mass is 470 g/mol. The molecule has 1 aliphatic carbocycles. The van der Waals surface area contributed by atoms with Crippen LogP contribution in [0.5, 0.6) is 0 Å². The highest BCUT2D eigenvalue weighted by molar-refractivity contribution is 7.99. The quantitative estimate of drug-likeness (QED) is 0.333. The second-order valence-electron chi connectivity index (χ2n) is 8.13. The summed E-state index contributed by atoms with van der Waals surface area (Å²) in [5, 5.41) is 17.7. The van der Waals surface area contributed by atoms with E-state index in [1.165, 1.54) is 22.6 Å². The molecule has 9 heteroatoms. The Hall–Kier alpha value is -3.90. The third-order valence-electron chi connectivity index (χ3n) is 5.95. The molecule has 0 unspecified atom stereocenters. The van der Waals surface area contributed by atoms with Crippen LogP contribution in [0, 0.1) is 11.3 Å². The van der Waals surface area contributed by atoms with E-state index >= 15 is 0 Å². The van der Waals surface area contributed by atoms with Crippen molar-refractivity contribution in [1.29, 1.82) is 5.26 Å². The Labute approximate surface area is 200 Å². The third kappa shape index (κ3) is 4.20. The van der Waals surface area contributed by atoms with Crippen molar-refractivity contribution in [2.45, 2.75) is 36.9 Å². The molecule has 5 rings (SSSR count). The van der Waals surface area contributed by atoms with E-state index in [0.717, 1.165) is 31.4 Å². The van der Waals surface area contributed by atoms with Crippen LogP contribution in [-0.2, 0) is 4.79 Å². The topological polar surface area (TPSA) is 106 Å². The van der Waals surface area contributed by atoms with E-state index in [0.29, 0.717) is 21.9 Å². The van der Waals surface area contributed by atoms with Crippen LogP contribution in [-0.4, -0.2) is 31.0 Å². The lowest BCUT2D eigenvalue weighted by molar-refractivity contribution is -0.113. The number of nitriles is 1. The normalized spacial score (nSPS) is 13.7. The number of aromatic nitrogens is 4. The first kappa shape index (κ1) is 21.9. The van der Waals surface area contributed by atoms with Crippen molar-refractivity contribution in [3.63, 3.8) is 0 Å². The maximum atomic E-state index is 13.3. The van der Waals surface area contributed by atoms with E-state index < -0.39 is 0 Å². The van der Waals surface area contributed by atoms with E-state index in [9.17, 15) is 14.9 Å². The molecular weight excluding hydrogens is 448 g/mol. The van der Waals surface area contributed by atoms with E-state index in [4.69, 9.17) is 4.98 Å². The zero-order chi connectivity index (χ0) is 23.5. The van der Waals surface area contributed by atoms with Gasteiger partial charge in [-0.3, -0.25) is 14.2 Å². The number of amides is 1. The van der Waals surface area contributed by atoms with Gasteiger partial charge in [0.15, 0.2) is 11.0 Å². The summed E-state index contributed by atoms with van der Waals surface area (Å²) >= 11 is 1.24. The lowest BCUT2D eigenvalue weighted by Gasteiger charge is -2.18. The Balaban J connectivity index is 1.41. The lowest BCUT2D eigenvalue weighted by Crippen LogP contribution is -2.27. The van der Waals surface area contributed by atoms with Crippen molar-refractivity contribution in [2.24, 2.45) is 0 Å². The largest absolute Gasteiger partial charge is 0.309 e. The average molecular weight is 471 g/mol. The predicted octanol–water partition coefficient (Wildman–Crippen LogP) is 4.30. The predicted molar refractivity (Wildman–Crippen MR) is 131 cm³/mol. The molecule has 0 atom stereocenters. The highest BCUT2D eigenvalue weighted by Gasteiger charge is 2.24. The summed E-state index contributed by atoms with van der Waals surface area (Å²) in [6, 6.07) is 18.8. The number of hydrogen-bond donors (Lipinski definition) is 1. The molecule has 0 saturated heterocycles. The molecule has 1 saturated carbocycles. The zero-order valence-corrected chi connectivity index (χ0v) is 19.2. The Morgan fingerprint density at radius 2 is 1.85 bits per heavy atom. The third-order valence-corrected chi connectivity index (χ3v) is 6.90. The minimum absolute atomic E-state index is 0.0440. The SMILES string of the molecule is N#Cc1cnn(-c2ccccc2)c1NC(=O)CSc1nc2ccccc2c(=O)n1C1CCCC1. The Bertz CT molecular complexity index is 1450. The van der Waals surface area contributed by atoms with Crippen LogP contribution in [0.1, 0.15) is 37.3 Å². The van der Waals surface area contributed by atoms with Crippen LogP contribution in [0.25, 0.3) is 16.6 Å². The maximum absolute atomic E-state index is 13.3. The van der Waals surface area contributed by atoms with E-state index in [1.807, 2.05) is 48.5 Å². The van der Waals surface area contributed by atoms with Crippen LogP contribution in [0.4, 0.5) is 5.82 Å². The second-order valence-corrected chi connectivity index (χ2v) is 9.07. The van der Waals surface area contributed by atoms with Gasteiger partial charge in [-0.25, -0.2) is 9.67 Å². The van der Waals surface area contributed by atoms with Gasteiger partial charge in [0.05, 0.1) is 28.5 Å². The number of rotatable bonds is 6. The molecule has 0 aliphatic heterocycles. The molecule has 170 valence electrons. The van der Waals surface area contributed by atoms with Crippen LogP contribution >= 0.6 is 11.8 Å². The average Bonchev–Trinajstić information content (AvgIpc) is 3.53. The fourth-order valence-electron chi connectivity index (χ4n) is 4.33. The number of carbonyl (C=O) groups excluding carboxylic acids is 1. The molecule has 4 aromatic rings. The van der Waals surface area contributed by atoms with Gasteiger partial charge in [0.2, 0.25) is 5.91 Å². The number of benzene rings is 2. The van der Waals surface area contributed by atoms with Crippen molar-refractivity contribution in [1.82, 2.24) is 19.3 Å². The number of nitrogens with one attached hydrogen (secondary N) is 1. The highest BCUT2D eigenvalue weighted by Crippen LogP contribution is 2.32. The molecule has 2 aromatic heterocycles. The van der Waals surface area contributed by atoms with Crippen LogP contribution < -0.4 is 10.9 Å². The fourth-order valence-corrected chi connectivity index (χ4v) is 5.19. The molecule has 1 amide bonds. The standard InChI is InChI=1S/C25H22N6O2S/c26-14-17-15-27-31(19-10-2-1-3-11-19)23(17)29-22(32)16-34-25-28-21-13-7-6-12-20(21)24(33)30(25)18-8-4-5-9-18/h1-3,6-7,10-13,15,18H,4-5,8-9,16H2,(H,29,32). The van der Waals surface area contributed by atoms with Gasteiger partial charge in [0.1, 0.15) is 11.6 Å². The molecule has 2 aromatic carbocycles. The fraction of sp³-hybridized carbons (Fsp3) is 0.240. The minimum Gasteiger partial charge on any atom is -0.309 e. The maximum Gasteiger partial charge on any atom is 0.262 e. The first-order valence-electron chi connectivity index (χ1n) is 11.1. The van der Waals surface area contributed by atoms with Gasteiger partial charge in [-0.05, 0) is 37.1 Å². The van der Waals surface area contributed by atoms with Gasteiger partial charge in [0, 0.05) is 6.04 Å². The van der Waals surface area contributed by atoms with Crippen LogP contribution in [0.3, 0.4) is 0 Å². The van der Waals surface area contributed by atoms with E-state index in [2.05, 4.69) is 16.5 Å². The van der Waals surface area contributed by atoms with Gasteiger partial charge in [0.25, 0.3) is 5.56 Å². The van der Waals surface area contributed by atoms with Gasteiger partial charge in [-0.1, -0.05) is 54.9 Å². The molecule has 0 radical (unpaired) electrons. The summed E-state index contributed by atoms with van der Waals surface area (Å²) in [4.78, 5) is 30.9. The van der Waals surface area contributed by atoms with Crippen molar-refractivity contribution in [2.75, 3.05) is 11.1 Å². The molecule has 8 nitrogen and oxygen atoms in total. The molecular formula is C25H22N6O2S. The molecule has 1 fully saturated rings. The molecule has 34 heavy (non-hydrogen) atoms. The smallest absolute Gasteiger partial charge is 0.262 e. The second kappa shape index (κ2) is 9.53. The summed E-state index contributed by atoms with van der Waals surface area (Å²) < 4.78 is 3.30. The summed E-state index contributed by atoms with van der Waals surface area (Å²) in [7, 11) is 0. The summed E-state index contributed by atoms with van der Waals surface area (Å²) in [5.41, 5.74) is 1.57. The lowest BCUT2D eigenvalue weighted by atomic mass is 10.2.